The zero-order valence-corrected chi connectivity index (χ0v) is 14.9. The Hall–Kier alpha value is -2.35. The largest absolute Gasteiger partial charge is 0.486 e. The van der Waals surface area contributed by atoms with E-state index < -0.39 is 5.60 Å². The molecule has 0 bridgehead atoms. The van der Waals surface area contributed by atoms with Crippen LogP contribution in [0.25, 0.3) is 0 Å². The van der Waals surface area contributed by atoms with Crippen LogP contribution in [0.15, 0.2) is 18.2 Å². The highest BCUT2D eigenvalue weighted by Crippen LogP contribution is 2.40. The third-order valence-electron chi connectivity index (χ3n) is 4.56. The van der Waals surface area contributed by atoms with Crippen molar-refractivity contribution in [2.75, 3.05) is 25.0 Å². The molecule has 0 aliphatic carbocycles. The lowest BCUT2D eigenvalue weighted by Crippen LogP contribution is -2.52. The summed E-state index contributed by atoms with van der Waals surface area (Å²) < 4.78 is 11.2. The van der Waals surface area contributed by atoms with Gasteiger partial charge in [0.2, 0.25) is 0 Å². The van der Waals surface area contributed by atoms with Crippen LogP contribution in [0.3, 0.4) is 0 Å². The highest BCUT2D eigenvalue weighted by atomic mass is 32.1. The second-order valence-electron chi connectivity index (χ2n) is 6.27. The molecule has 0 unspecified atom stereocenters. The van der Waals surface area contributed by atoms with Crippen molar-refractivity contribution < 1.29 is 19.1 Å². The zero-order chi connectivity index (χ0) is 18.0. The number of nitrogens with two attached hydrogens (primary N) is 1. The number of benzene rings is 1. The minimum absolute atomic E-state index is 0.0254. The molecular formula is C17H21N3O4S. The van der Waals surface area contributed by atoms with E-state index in [2.05, 4.69) is 5.32 Å². The fourth-order valence-electron chi connectivity index (χ4n) is 3.30. The van der Waals surface area contributed by atoms with Crippen LogP contribution in [-0.4, -0.2) is 47.2 Å². The van der Waals surface area contributed by atoms with Crippen LogP contribution in [0.2, 0.25) is 0 Å². The Morgan fingerprint density at radius 3 is 2.80 bits per heavy atom. The van der Waals surface area contributed by atoms with E-state index in [1.807, 2.05) is 0 Å². The molecule has 0 atom stereocenters. The molecule has 25 heavy (non-hydrogen) atoms. The molecule has 1 aromatic rings. The standard InChI is InChI=1S/C17H21N3O4S/c1-2-23-16(22)20-7-5-17(6-8-20)10-13(21)12-9-11(19-15(18)25)3-4-14(12)24-17/h3-4,9H,2,5-8,10H2,1H3,(H3,18,19,25). The SMILES string of the molecule is CCOC(=O)N1CCC2(CC1)CC(=O)c1cc(NC(N)=S)ccc1O2. The first-order valence-electron chi connectivity index (χ1n) is 8.27. The van der Waals surface area contributed by atoms with Crippen LogP contribution in [0.4, 0.5) is 10.5 Å². The van der Waals surface area contributed by atoms with Gasteiger partial charge in [-0.1, -0.05) is 0 Å². The van der Waals surface area contributed by atoms with Gasteiger partial charge in [-0.3, -0.25) is 4.79 Å². The summed E-state index contributed by atoms with van der Waals surface area (Å²) in [5.74, 6) is 0.590. The summed E-state index contributed by atoms with van der Waals surface area (Å²) in [6.45, 7) is 3.17. The number of hydrogen-bond acceptors (Lipinski definition) is 5. The number of Topliss-reactive ketones (excluding diaryl/α,β-unsaturated/α-hetero) is 1. The predicted molar refractivity (Wildman–Crippen MR) is 97.0 cm³/mol. The third kappa shape index (κ3) is 3.68. The van der Waals surface area contributed by atoms with Crippen molar-refractivity contribution in [2.45, 2.75) is 31.8 Å². The summed E-state index contributed by atoms with van der Waals surface area (Å²) in [7, 11) is 0. The maximum absolute atomic E-state index is 12.6. The van der Waals surface area contributed by atoms with Gasteiger partial charge in [0.05, 0.1) is 18.6 Å². The number of nitrogens with zero attached hydrogens (tertiary/aromatic N) is 1. The van der Waals surface area contributed by atoms with Crippen LogP contribution in [0.5, 0.6) is 5.75 Å². The number of piperidine rings is 1. The van der Waals surface area contributed by atoms with Crippen molar-refractivity contribution in [3.05, 3.63) is 23.8 Å². The minimum Gasteiger partial charge on any atom is -0.486 e. The zero-order valence-electron chi connectivity index (χ0n) is 14.0. The lowest BCUT2D eigenvalue weighted by Gasteiger charge is -2.43. The van der Waals surface area contributed by atoms with E-state index in [1.165, 1.54) is 0 Å². The topological polar surface area (TPSA) is 93.9 Å². The van der Waals surface area contributed by atoms with Crippen molar-refractivity contribution in [1.29, 1.82) is 0 Å². The van der Waals surface area contributed by atoms with Crippen LogP contribution in [-0.2, 0) is 4.74 Å². The molecule has 8 heteroatoms. The molecule has 2 aliphatic rings. The number of fused-ring (bicyclic) bond motifs is 1. The number of likely N-dealkylation sites (tertiary alicyclic amines) is 1. The number of ketones is 1. The Morgan fingerprint density at radius 2 is 2.16 bits per heavy atom. The highest BCUT2D eigenvalue weighted by molar-refractivity contribution is 7.80. The van der Waals surface area contributed by atoms with E-state index in [4.69, 9.17) is 27.4 Å². The Labute approximate surface area is 151 Å². The number of ether oxygens (including phenoxy) is 2. The molecule has 2 aliphatic heterocycles. The molecule has 7 nitrogen and oxygen atoms in total. The highest BCUT2D eigenvalue weighted by Gasteiger charge is 2.43. The monoisotopic (exact) mass is 363 g/mol. The van der Waals surface area contributed by atoms with Crippen LogP contribution >= 0.6 is 12.2 Å². The lowest BCUT2D eigenvalue weighted by molar-refractivity contribution is -0.00857. The van der Waals surface area contributed by atoms with E-state index in [9.17, 15) is 9.59 Å². The van der Waals surface area contributed by atoms with Crippen molar-refractivity contribution in [3.8, 4) is 5.75 Å². The smallest absolute Gasteiger partial charge is 0.409 e. The molecular weight excluding hydrogens is 342 g/mol. The predicted octanol–water partition coefficient (Wildman–Crippen LogP) is 2.30. The maximum atomic E-state index is 12.6. The number of carbonyl (C=O) groups is 2. The molecule has 0 radical (unpaired) electrons. The fraction of sp³-hybridized carbons (Fsp3) is 0.471. The van der Waals surface area contributed by atoms with Crippen LogP contribution in [0, 0.1) is 0 Å². The first-order valence-corrected chi connectivity index (χ1v) is 8.68. The molecule has 3 rings (SSSR count). The average Bonchev–Trinajstić information content (AvgIpc) is 2.56. The second kappa shape index (κ2) is 6.87. The van der Waals surface area contributed by atoms with E-state index in [1.54, 1.807) is 30.0 Å². The number of nitrogens with one attached hydrogen (secondary N) is 1. The first-order chi connectivity index (χ1) is 11.9. The van der Waals surface area contributed by atoms with Gasteiger partial charge in [0.1, 0.15) is 11.4 Å². The molecule has 0 aromatic heterocycles. The van der Waals surface area contributed by atoms with Gasteiger partial charge in [-0.2, -0.15) is 0 Å². The normalized spacial score (nSPS) is 18.3. The molecule has 1 fully saturated rings. The number of anilines is 1. The molecule has 134 valence electrons. The molecule has 1 saturated heterocycles. The van der Waals surface area contributed by atoms with Gasteiger partial charge in [0, 0.05) is 31.6 Å². The Kier molecular flexibility index (Phi) is 4.80. The van der Waals surface area contributed by atoms with Crippen molar-refractivity contribution in [1.82, 2.24) is 4.90 Å². The minimum atomic E-state index is -0.550. The van der Waals surface area contributed by atoms with Gasteiger partial charge in [-0.25, -0.2) is 4.79 Å². The quantitative estimate of drug-likeness (QED) is 0.779. The van der Waals surface area contributed by atoms with E-state index in [-0.39, 0.29) is 17.0 Å². The number of thiocarbonyl (C=S) groups is 1. The number of hydrogen-bond donors (Lipinski definition) is 2. The third-order valence-corrected chi connectivity index (χ3v) is 4.66. The number of rotatable bonds is 2. The summed E-state index contributed by atoms with van der Waals surface area (Å²) in [6, 6.07) is 5.24. The van der Waals surface area contributed by atoms with Crippen molar-refractivity contribution in [3.63, 3.8) is 0 Å². The number of amides is 1. The summed E-state index contributed by atoms with van der Waals surface area (Å²) in [6.07, 6.45) is 1.19. The van der Waals surface area contributed by atoms with Crippen molar-refractivity contribution >= 4 is 34.9 Å². The molecule has 1 spiro atoms. The Morgan fingerprint density at radius 1 is 1.44 bits per heavy atom. The van der Waals surface area contributed by atoms with Crippen LogP contribution in [0.1, 0.15) is 36.5 Å². The van der Waals surface area contributed by atoms with Gasteiger partial charge in [-0.05, 0) is 37.3 Å². The van der Waals surface area contributed by atoms with Crippen molar-refractivity contribution in [2.24, 2.45) is 5.73 Å². The average molecular weight is 363 g/mol. The van der Waals surface area contributed by atoms with Gasteiger partial charge >= 0.3 is 6.09 Å². The molecule has 1 aromatic carbocycles. The van der Waals surface area contributed by atoms with E-state index >= 15 is 0 Å². The molecule has 0 saturated carbocycles. The van der Waals surface area contributed by atoms with E-state index in [0.717, 1.165) is 0 Å². The molecule has 2 heterocycles. The Balaban J connectivity index is 1.73. The summed E-state index contributed by atoms with van der Waals surface area (Å²) in [5, 5.41) is 2.97. The molecule has 3 N–H and O–H groups in total. The van der Waals surface area contributed by atoms with Gasteiger partial charge in [-0.15, -0.1) is 0 Å². The molecule has 1 amide bonds. The fourth-order valence-corrected chi connectivity index (χ4v) is 3.42. The van der Waals surface area contributed by atoms with Crippen LogP contribution < -0.4 is 15.8 Å². The summed E-state index contributed by atoms with van der Waals surface area (Å²) in [5.41, 5.74) is 6.11. The Bertz CT molecular complexity index is 714. The summed E-state index contributed by atoms with van der Waals surface area (Å²) >= 11 is 4.82. The van der Waals surface area contributed by atoms with Gasteiger partial charge in [0.15, 0.2) is 10.9 Å². The van der Waals surface area contributed by atoms with Gasteiger partial charge < -0.3 is 25.4 Å². The lowest BCUT2D eigenvalue weighted by atomic mass is 9.82. The number of carbonyl (C=O) groups excluding carboxylic acids is 2. The van der Waals surface area contributed by atoms with Gasteiger partial charge in [0.25, 0.3) is 0 Å². The first kappa shape index (κ1) is 17.5. The maximum Gasteiger partial charge on any atom is 0.409 e. The summed E-state index contributed by atoms with van der Waals surface area (Å²) in [4.78, 5) is 26.1. The van der Waals surface area contributed by atoms with E-state index in [0.29, 0.717) is 56.0 Å². The second-order valence-corrected chi connectivity index (χ2v) is 6.71.